The molecule has 2 aromatic rings. The Morgan fingerprint density at radius 1 is 1.25 bits per heavy atom. The van der Waals surface area contributed by atoms with E-state index >= 15 is 0 Å². The molecular formula is C14H13F2NO3. The van der Waals surface area contributed by atoms with E-state index in [4.69, 9.17) is 4.74 Å². The fourth-order valence-electron chi connectivity index (χ4n) is 1.78. The van der Waals surface area contributed by atoms with Crippen LogP contribution in [-0.2, 0) is 4.74 Å². The largest absolute Gasteiger partial charge is 0.490 e. The third kappa shape index (κ3) is 2.68. The molecule has 1 heterocycles. The third-order valence-corrected chi connectivity index (χ3v) is 2.55. The van der Waals surface area contributed by atoms with Gasteiger partial charge in [0.15, 0.2) is 11.5 Å². The maximum Gasteiger partial charge on any atom is 0.356 e. The molecule has 20 heavy (non-hydrogen) atoms. The van der Waals surface area contributed by atoms with E-state index in [1.54, 1.807) is 13.8 Å². The summed E-state index contributed by atoms with van der Waals surface area (Å²) >= 11 is 0. The molecular weight excluding hydrogens is 268 g/mol. The van der Waals surface area contributed by atoms with Crippen LogP contribution in [-0.4, -0.2) is 24.2 Å². The average Bonchev–Trinajstić information content (AvgIpc) is 2.37. The number of fused-ring (bicyclic) bond motifs is 1. The molecule has 0 aliphatic carbocycles. The molecule has 0 atom stereocenters. The molecule has 0 saturated carbocycles. The Bertz CT molecular complexity index is 671. The van der Waals surface area contributed by atoms with Crippen LogP contribution in [0, 0.1) is 11.6 Å². The predicted octanol–water partition coefficient (Wildman–Crippen LogP) is 3.09. The van der Waals surface area contributed by atoms with Gasteiger partial charge in [0.2, 0.25) is 0 Å². The minimum atomic E-state index is -0.862. The Hall–Kier alpha value is -2.24. The molecule has 106 valence electrons. The van der Waals surface area contributed by atoms with Crippen LogP contribution < -0.4 is 4.74 Å². The van der Waals surface area contributed by atoms with Crippen molar-refractivity contribution in [3.05, 3.63) is 35.5 Å². The van der Waals surface area contributed by atoms with E-state index in [-0.39, 0.29) is 28.5 Å². The lowest BCUT2D eigenvalue weighted by molar-refractivity contribution is 0.0593. The number of benzene rings is 1. The van der Waals surface area contributed by atoms with Crippen molar-refractivity contribution >= 4 is 16.9 Å². The maximum absolute atomic E-state index is 13.8. The summed E-state index contributed by atoms with van der Waals surface area (Å²) in [5.41, 5.74) is -0.230. The zero-order chi connectivity index (χ0) is 14.9. The molecule has 1 aromatic heterocycles. The van der Waals surface area contributed by atoms with Crippen LogP contribution in [0.3, 0.4) is 0 Å². The summed E-state index contributed by atoms with van der Waals surface area (Å²) in [5.74, 6) is -2.14. The summed E-state index contributed by atoms with van der Waals surface area (Å²) in [6, 6.07) is 3.13. The van der Waals surface area contributed by atoms with E-state index in [0.717, 1.165) is 6.07 Å². The Kier molecular flexibility index (Phi) is 3.83. The first-order chi connectivity index (χ1) is 9.42. The summed E-state index contributed by atoms with van der Waals surface area (Å²) in [5, 5.41) is 0.170. The number of hydrogen-bond donors (Lipinski definition) is 0. The zero-order valence-corrected chi connectivity index (χ0v) is 11.2. The number of halogens is 2. The molecule has 0 fully saturated rings. The van der Waals surface area contributed by atoms with E-state index in [0.29, 0.717) is 6.07 Å². The van der Waals surface area contributed by atoms with Crippen molar-refractivity contribution in [2.75, 3.05) is 7.11 Å². The number of methoxy groups -OCH3 is 1. The van der Waals surface area contributed by atoms with Crippen molar-refractivity contribution in [2.45, 2.75) is 20.0 Å². The predicted molar refractivity (Wildman–Crippen MR) is 68.8 cm³/mol. The molecule has 0 unspecified atom stereocenters. The van der Waals surface area contributed by atoms with Crippen LogP contribution in [0.2, 0.25) is 0 Å². The number of carbonyl (C=O) groups is 1. The third-order valence-electron chi connectivity index (χ3n) is 2.55. The smallest absolute Gasteiger partial charge is 0.356 e. The number of carbonyl (C=O) groups excluding carboxylic acids is 1. The summed E-state index contributed by atoms with van der Waals surface area (Å²) in [6.07, 6.45) is -0.225. The van der Waals surface area contributed by atoms with Crippen molar-refractivity contribution in [1.82, 2.24) is 4.98 Å². The van der Waals surface area contributed by atoms with Gasteiger partial charge in [0.05, 0.1) is 13.2 Å². The highest BCUT2D eigenvalue weighted by molar-refractivity contribution is 5.94. The van der Waals surface area contributed by atoms with Crippen molar-refractivity contribution < 1.29 is 23.0 Å². The summed E-state index contributed by atoms with van der Waals surface area (Å²) in [6.45, 7) is 3.53. The van der Waals surface area contributed by atoms with Crippen LogP contribution >= 0.6 is 0 Å². The van der Waals surface area contributed by atoms with Crippen LogP contribution in [0.4, 0.5) is 8.78 Å². The normalized spacial score (nSPS) is 10.9. The molecule has 2 rings (SSSR count). The SMILES string of the molecule is COC(=O)c1cc(OC(C)C)c2cc(F)cc(F)c2n1. The van der Waals surface area contributed by atoms with E-state index in [1.807, 2.05) is 0 Å². The van der Waals surface area contributed by atoms with Crippen LogP contribution in [0.5, 0.6) is 5.75 Å². The number of rotatable bonds is 3. The highest BCUT2D eigenvalue weighted by atomic mass is 19.1. The van der Waals surface area contributed by atoms with E-state index in [2.05, 4.69) is 9.72 Å². The van der Waals surface area contributed by atoms with E-state index in [1.165, 1.54) is 13.2 Å². The van der Waals surface area contributed by atoms with Gasteiger partial charge in [-0.05, 0) is 19.9 Å². The highest BCUT2D eigenvalue weighted by Gasteiger charge is 2.17. The van der Waals surface area contributed by atoms with Crippen LogP contribution in [0.25, 0.3) is 10.9 Å². The van der Waals surface area contributed by atoms with Crippen molar-refractivity contribution in [3.8, 4) is 5.75 Å². The second-order valence-corrected chi connectivity index (χ2v) is 4.45. The molecule has 0 aliphatic rings. The number of aromatic nitrogens is 1. The lowest BCUT2D eigenvalue weighted by atomic mass is 10.1. The van der Waals surface area contributed by atoms with Gasteiger partial charge in [0.25, 0.3) is 0 Å². The molecule has 0 spiro atoms. The van der Waals surface area contributed by atoms with Gasteiger partial charge in [0.1, 0.15) is 17.1 Å². The zero-order valence-electron chi connectivity index (χ0n) is 11.2. The Labute approximate surface area is 114 Å². The number of nitrogens with zero attached hydrogens (tertiary/aromatic N) is 1. The monoisotopic (exact) mass is 281 g/mol. The van der Waals surface area contributed by atoms with Gasteiger partial charge in [-0.25, -0.2) is 18.6 Å². The molecule has 0 amide bonds. The molecule has 6 heteroatoms. The standard InChI is InChI=1S/C14H13F2NO3/c1-7(2)20-12-6-11(14(18)19-3)17-13-9(12)4-8(15)5-10(13)16/h4-7H,1-3H3. The fourth-order valence-corrected chi connectivity index (χ4v) is 1.78. The Balaban J connectivity index is 2.74. The van der Waals surface area contributed by atoms with E-state index < -0.39 is 17.6 Å². The summed E-state index contributed by atoms with van der Waals surface area (Å²) in [4.78, 5) is 15.4. The van der Waals surface area contributed by atoms with Crippen molar-refractivity contribution in [2.24, 2.45) is 0 Å². The van der Waals surface area contributed by atoms with Crippen molar-refractivity contribution in [3.63, 3.8) is 0 Å². The Morgan fingerprint density at radius 2 is 1.95 bits per heavy atom. The van der Waals surface area contributed by atoms with Crippen LogP contribution in [0.1, 0.15) is 24.3 Å². The number of pyridine rings is 1. The second-order valence-electron chi connectivity index (χ2n) is 4.45. The van der Waals surface area contributed by atoms with Gasteiger partial charge in [-0.1, -0.05) is 0 Å². The molecule has 4 nitrogen and oxygen atoms in total. The minimum Gasteiger partial charge on any atom is -0.490 e. The maximum atomic E-state index is 13.8. The highest BCUT2D eigenvalue weighted by Crippen LogP contribution is 2.29. The first-order valence-electron chi connectivity index (χ1n) is 5.97. The van der Waals surface area contributed by atoms with Gasteiger partial charge in [0, 0.05) is 17.5 Å². The summed E-state index contributed by atoms with van der Waals surface area (Å²) in [7, 11) is 1.19. The minimum absolute atomic E-state index is 0.0961. The fraction of sp³-hybridized carbons (Fsp3) is 0.286. The second kappa shape index (κ2) is 5.40. The lowest BCUT2D eigenvalue weighted by Crippen LogP contribution is -2.10. The molecule has 0 aliphatic heterocycles. The van der Waals surface area contributed by atoms with Gasteiger partial charge < -0.3 is 9.47 Å². The Morgan fingerprint density at radius 3 is 2.55 bits per heavy atom. The van der Waals surface area contributed by atoms with Gasteiger partial charge in [-0.15, -0.1) is 0 Å². The number of ether oxygens (including phenoxy) is 2. The first kappa shape index (κ1) is 14.2. The van der Waals surface area contributed by atoms with Gasteiger partial charge >= 0.3 is 5.97 Å². The van der Waals surface area contributed by atoms with Crippen molar-refractivity contribution in [1.29, 1.82) is 0 Å². The van der Waals surface area contributed by atoms with Gasteiger partial charge in [-0.2, -0.15) is 0 Å². The molecule has 0 radical (unpaired) electrons. The lowest BCUT2D eigenvalue weighted by Gasteiger charge is -2.13. The average molecular weight is 281 g/mol. The molecule has 0 saturated heterocycles. The number of esters is 1. The summed E-state index contributed by atoms with van der Waals surface area (Å²) < 4.78 is 37.2. The molecule has 0 N–H and O–H groups in total. The van der Waals surface area contributed by atoms with E-state index in [9.17, 15) is 13.6 Å². The van der Waals surface area contributed by atoms with Gasteiger partial charge in [-0.3, -0.25) is 0 Å². The quantitative estimate of drug-likeness (QED) is 0.811. The topological polar surface area (TPSA) is 48.4 Å². The number of hydrogen-bond acceptors (Lipinski definition) is 4. The first-order valence-corrected chi connectivity index (χ1v) is 5.97. The molecule has 0 bridgehead atoms. The van der Waals surface area contributed by atoms with Crippen LogP contribution in [0.15, 0.2) is 18.2 Å². The molecule has 1 aromatic carbocycles.